The van der Waals surface area contributed by atoms with E-state index in [9.17, 15) is 23.9 Å². The first-order valence-electron chi connectivity index (χ1n) is 11.3. The summed E-state index contributed by atoms with van der Waals surface area (Å²) in [4.78, 5) is 48.9. The molecule has 11 heteroatoms. The molecule has 2 aromatic rings. The van der Waals surface area contributed by atoms with E-state index in [0.29, 0.717) is 31.7 Å². The molecule has 34 heavy (non-hydrogen) atoms. The number of piperidine rings is 1. The number of carbonyl (C=O) groups is 2. The average Bonchev–Trinajstić information content (AvgIpc) is 2.84. The molecule has 2 saturated heterocycles. The van der Waals surface area contributed by atoms with Gasteiger partial charge in [0.05, 0.1) is 12.6 Å². The second-order valence-electron chi connectivity index (χ2n) is 8.62. The molecule has 2 aliphatic rings. The first-order valence-corrected chi connectivity index (χ1v) is 11.3. The van der Waals surface area contributed by atoms with Crippen molar-refractivity contribution in [2.75, 3.05) is 33.3 Å². The predicted octanol–water partition coefficient (Wildman–Crippen LogP) is 0.929. The average molecular weight is 474 g/mol. The van der Waals surface area contributed by atoms with Crippen LogP contribution in [0.4, 0.5) is 4.39 Å². The highest BCUT2D eigenvalue weighted by molar-refractivity contribution is 5.94. The maximum Gasteiger partial charge on any atom is 0.294 e. The zero-order valence-electron chi connectivity index (χ0n) is 18.9. The van der Waals surface area contributed by atoms with Crippen LogP contribution in [0.5, 0.6) is 5.75 Å². The molecule has 2 amide bonds. The molecule has 10 nitrogen and oxygen atoms in total. The number of hydrogen-bond donors (Lipinski definition) is 3. The van der Waals surface area contributed by atoms with Crippen molar-refractivity contribution in [3.63, 3.8) is 0 Å². The van der Waals surface area contributed by atoms with Crippen LogP contribution in [-0.2, 0) is 16.1 Å². The summed E-state index contributed by atoms with van der Waals surface area (Å²) < 4.78 is 18.8. The van der Waals surface area contributed by atoms with Gasteiger partial charge in [-0.25, -0.2) is 9.37 Å². The zero-order valence-corrected chi connectivity index (χ0v) is 18.9. The van der Waals surface area contributed by atoms with Crippen LogP contribution in [-0.4, -0.2) is 76.1 Å². The topological polar surface area (TPSA) is 128 Å². The normalized spacial score (nSPS) is 21.3. The van der Waals surface area contributed by atoms with Crippen LogP contribution in [0, 0.1) is 5.82 Å². The second kappa shape index (κ2) is 10.3. The highest BCUT2D eigenvalue weighted by Gasteiger charge is 2.36. The third kappa shape index (κ3) is 5.26. The summed E-state index contributed by atoms with van der Waals surface area (Å²) >= 11 is 0. The summed E-state index contributed by atoms with van der Waals surface area (Å²) in [6.45, 7) is 2.21. The van der Waals surface area contributed by atoms with Crippen molar-refractivity contribution in [3.8, 4) is 5.75 Å². The Kier molecular flexibility index (Phi) is 7.23. The van der Waals surface area contributed by atoms with Crippen molar-refractivity contribution in [2.45, 2.75) is 38.0 Å². The number of nitrogens with zero attached hydrogens (tertiary/aromatic N) is 3. The number of amides is 2. The Morgan fingerprint density at radius 3 is 2.76 bits per heavy atom. The molecule has 0 saturated carbocycles. The number of H-pyrrole nitrogens is 1. The minimum Gasteiger partial charge on any atom is -0.501 e. The van der Waals surface area contributed by atoms with E-state index in [1.165, 1.54) is 24.3 Å². The van der Waals surface area contributed by atoms with Crippen LogP contribution in [0.2, 0.25) is 0 Å². The minimum absolute atomic E-state index is 0.0585. The molecule has 3 heterocycles. The van der Waals surface area contributed by atoms with Crippen molar-refractivity contribution in [2.24, 2.45) is 0 Å². The third-order valence-corrected chi connectivity index (χ3v) is 6.14. The Morgan fingerprint density at radius 2 is 2.03 bits per heavy atom. The number of halogens is 1. The summed E-state index contributed by atoms with van der Waals surface area (Å²) in [7, 11) is 1.92. The van der Waals surface area contributed by atoms with Gasteiger partial charge in [-0.15, -0.1) is 0 Å². The maximum atomic E-state index is 13.2. The number of nitrogens with one attached hydrogen (secondary N) is 2. The highest BCUT2D eigenvalue weighted by atomic mass is 19.1. The summed E-state index contributed by atoms with van der Waals surface area (Å²) in [5, 5.41) is 12.8. The summed E-state index contributed by atoms with van der Waals surface area (Å²) in [6, 6.07) is 5.02. The smallest absolute Gasteiger partial charge is 0.294 e. The largest absolute Gasteiger partial charge is 0.501 e. The summed E-state index contributed by atoms with van der Waals surface area (Å²) in [5.74, 6) is -1.99. The van der Waals surface area contributed by atoms with Gasteiger partial charge in [-0.1, -0.05) is 12.1 Å². The number of aromatic nitrogens is 2. The first-order chi connectivity index (χ1) is 16.3. The minimum atomic E-state index is -0.858. The monoisotopic (exact) mass is 473 g/mol. The quantitative estimate of drug-likeness (QED) is 0.589. The molecule has 2 atom stereocenters. The molecule has 0 radical (unpaired) electrons. The fourth-order valence-electron chi connectivity index (χ4n) is 4.26. The maximum absolute atomic E-state index is 13.2. The lowest BCUT2D eigenvalue weighted by Gasteiger charge is -2.39. The van der Waals surface area contributed by atoms with Gasteiger partial charge in [0.25, 0.3) is 17.4 Å². The number of benzene rings is 1. The van der Waals surface area contributed by atoms with E-state index >= 15 is 0 Å². The number of ether oxygens (including phenoxy) is 1. The standard InChI is InChI=1S/C23H28FN5O5/c1-28-10-11-34-17(13-28)23(33)29-9-3-2-4-16(29)20-26-18(19(30)22(32)27-20)21(31)25-12-14-5-7-15(24)8-6-14/h5-8,16-17,30H,2-4,9-13H2,1H3,(H,25,31)(H,26,27,32). The van der Waals surface area contributed by atoms with E-state index in [2.05, 4.69) is 15.3 Å². The van der Waals surface area contributed by atoms with Gasteiger partial charge in [-0.2, -0.15) is 0 Å². The molecule has 1 aromatic heterocycles. The van der Waals surface area contributed by atoms with Crippen molar-refractivity contribution < 1.29 is 23.8 Å². The lowest BCUT2D eigenvalue weighted by molar-refractivity contribution is -0.153. The number of aromatic amines is 1. The summed E-state index contributed by atoms with van der Waals surface area (Å²) in [6.07, 6.45) is 1.56. The molecule has 3 N–H and O–H groups in total. The number of likely N-dealkylation sites (N-methyl/N-ethyl adjacent to an activating group) is 1. The Labute approximate surface area is 195 Å². The molecule has 2 fully saturated rings. The van der Waals surface area contributed by atoms with Gasteiger partial charge in [0.15, 0.2) is 5.69 Å². The SMILES string of the molecule is CN1CCOC(C(=O)N2CCCCC2c2nc(C(=O)NCc3ccc(F)cc3)c(O)c(=O)[nH]2)C1. The number of aromatic hydroxyl groups is 1. The molecule has 182 valence electrons. The molecule has 2 unspecified atom stereocenters. The van der Waals surface area contributed by atoms with Crippen LogP contribution in [0.15, 0.2) is 29.1 Å². The van der Waals surface area contributed by atoms with Crippen LogP contribution in [0.3, 0.4) is 0 Å². The molecule has 1 aromatic carbocycles. The third-order valence-electron chi connectivity index (χ3n) is 6.14. The van der Waals surface area contributed by atoms with E-state index in [1.54, 1.807) is 4.90 Å². The molecule has 0 spiro atoms. The van der Waals surface area contributed by atoms with Gasteiger partial charge in [0.2, 0.25) is 5.75 Å². The number of hydrogen-bond acceptors (Lipinski definition) is 7. The van der Waals surface area contributed by atoms with Crippen molar-refractivity contribution in [3.05, 3.63) is 57.5 Å². The van der Waals surface area contributed by atoms with Gasteiger partial charge in [0.1, 0.15) is 17.7 Å². The fraction of sp³-hybridized carbons (Fsp3) is 0.478. The molecule has 4 rings (SSSR count). The van der Waals surface area contributed by atoms with Crippen molar-refractivity contribution in [1.82, 2.24) is 25.1 Å². The number of morpholine rings is 1. The fourth-order valence-corrected chi connectivity index (χ4v) is 4.26. The highest BCUT2D eigenvalue weighted by Crippen LogP contribution is 2.30. The molecule has 0 aliphatic carbocycles. The van der Waals surface area contributed by atoms with Gasteiger partial charge in [-0.05, 0) is 44.0 Å². The van der Waals surface area contributed by atoms with Gasteiger partial charge < -0.3 is 29.9 Å². The lowest BCUT2D eigenvalue weighted by atomic mass is 10.00. The Balaban J connectivity index is 1.55. The molecule has 0 bridgehead atoms. The number of likely N-dealkylation sites (tertiary alicyclic amines) is 1. The molecular weight excluding hydrogens is 445 g/mol. The van der Waals surface area contributed by atoms with Gasteiger partial charge in [-0.3, -0.25) is 14.4 Å². The van der Waals surface area contributed by atoms with Crippen LogP contribution >= 0.6 is 0 Å². The van der Waals surface area contributed by atoms with Crippen molar-refractivity contribution in [1.29, 1.82) is 0 Å². The number of rotatable bonds is 5. The van der Waals surface area contributed by atoms with Gasteiger partial charge in [0, 0.05) is 26.2 Å². The summed E-state index contributed by atoms with van der Waals surface area (Å²) in [5.41, 5.74) is -0.642. The lowest BCUT2D eigenvalue weighted by Crippen LogP contribution is -2.52. The van der Waals surface area contributed by atoms with E-state index in [1.807, 2.05) is 11.9 Å². The Hall–Kier alpha value is -3.31. The van der Waals surface area contributed by atoms with Crippen LogP contribution < -0.4 is 10.9 Å². The van der Waals surface area contributed by atoms with E-state index in [4.69, 9.17) is 4.74 Å². The van der Waals surface area contributed by atoms with Gasteiger partial charge >= 0.3 is 0 Å². The van der Waals surface area contributed by atoms with Crippen LogP contribution in [0.1, 0.15) is 47.2 Å². The Bertz CT molecular complexity index is 1110. The number of carbonyl (C=O) groups excluding carboxylic acids is 2. The Morgan fingerprint density at radius 1 is 1.26 bits per heavy atom. The van der Waals surface area contributed by atoms with Crippen molar-refractivity contribution >= 4 is 11.8 Å². The zero-order chi connectivity index (χ0) is 24.2. The molecule has 2 aliphatic heterocycles. The molecular formula is C23H28FN5O5. The predicted molar refractivity (Wildman–Crippen MR) is 120 cm³/mol. The van der Waals surface area contributed by atoms with Crippen LogP contribution in [0.25, 0.3) is 0 Å². The van der Waals surface area contributed by atoms with E-state index in [-0.39, 0.29) is 18.3 Å². The first kappa shape index (κ1) is 23.8. The second-order valence-corrected chi connectivity index (χ2v) is 8.62. The van der Waals surface area contributed by atoms with E-state index in [0.717, 1.165) is 19.4 Å². The van der Waals surface area contributed by atoms with E-state index < -0.39 is 40.9 Å².